The number of hydrogen-bond donors (Lipinski definition) is 1. The third kappa shape index (κ3) is 5.42. The zero-order valence-corrected chi connectivity index (χ0v) is 19.9. The first-order chi connectivity index (χ1) is 15.3. The van der Waals surface area contributed by atoms with Crippen LogP contribution in [0.3, 0.4) is 0 Å². The topological polar surface area (TPSA) is 84.9 Å². The molecule has 1 heterocycles. The van der Waals surface area contributed by atoms with Gasteiger partial charge in [0.15, 0.2) is 0 Å². The molecular weight excluding hydrogens is 428 g/mol. The van der Waals surface area contributed by atoms with Crippen LogP contribution in [0, 0.1) is 5.92 Å². The monoisotopic (exact) mass is 460 g/mol. The average Bonchev–Trinajstić information content (AvgIpc) is 2.80. The molecule has 3 rings (SSSR count). The van der Waals surface area contributed by atoms with Gasteiger partial charge < -0.3 is 14.8 Å². The van der Waals surface area contributed by atoms with Crippen LogP contribution in [0.4, 0.5) is 5.69 Å². The Morgan fingerprint density at radius 3 is 2.34 bits per heavy atom. The summed E-state index contributed by atoms with van der Waals surface area (Å²) in [5.74, 6) is 0.958. The summed E-state index contributed by atoms with van der Waals surface area (Å²) in [6.07, 6.45) is 0.933. The molecule has 1 saturated heterocycles. The number of nitrogens with one attached hydrogen (secondary N) is 1. The molecule has 1 aliphatic heterocycles. The number of amides is 1. The van der Waals surface area contributed by atoms with Crippen LogP contribution in [-0.4, -0.2) is 45.4 Å². The molecule has 0 unspecified atom stereocenters. The van der Waals surface area contributed by atoms with E-state index >= 15 is 0 Å². The van der Waals surface area contributed by atoms with E-state index in [4.69, 9.17) is 9.47 Å². The molecule has 1 fully saturated rings. The highest BCUT2D eigenvalue weighted by molar-refractivity contribution is 7.89. The Morgan fingerprint density at radius 2 is 1.78 bits per heavy atom. The summed E-state index contributed by atoms with van der Waals surface area (Å²) >= 11 is 0. The lowest BCUT2D eigenvalue weighted by atomic mass is 9.97. The summed E-state index contributed by atoms with van der Waals surface area (Å²) in [4.78, 5) is 12.9. The van der Waals surface area contributed by atoms with Gasteiger partial charge >= 0.3 is 0 Å². The smallest absolute Gasteiger partial charge is 0.246 e. The molecule has 0 aromatic heterocycles. The molecular formula is C24H32N2O5S. The van der Waals surface area contributed by atoms with Crippen molar-refractivity contribution in [1.29, 1.82) is 0 Å². The fourth-order valence-electron chi connectivity index (χ4n) is 3.80. The maximum Gasteiger partial charge on any atom is 0.246 e. The zero-order chi connectivity index (χ0) is 23.3. The fourth-order valence-corrected chi connectivity index (χ4v) is 5.46. The highest BCUT2D eigenvalue weighted by Crippen LogP contribution is 2.32. The number of rotatable bonds is 8. The number of ether oxygens (including phenoxy) is 2. The molecule has 32 heavy (non-hydrogen) atoms. The number of carbonyl (C=O) groups is 1. The van der Waals surface area contributed by atoms with Crippen molar-refractivity contribution in [3.8, 4) is 11.5 Å². The SMILES string of the molecule is CCOc1ccc(NC(=O)C2CCN(S(=O)(=O)c3cc(C(C)C)ccc3OC)CC2)cc1. The summed E-state index contributed by atoms with van der Waals surface area (Å²) < 4.78 is 38.9. The molecule has 1 N–H and O–H groups in total. The fraction of sp³-hybridized carbons (Fsp3) is 0.458. The van der Waals surface area contributed by atoms with Gasteiger partial charge in [-0.25, -0.2) is 8.42 Å². The van der Waals surface area contributed by atoms with Gasteiger partial charge in [-0.05, 0) is 67.6 Å². The van der Waals surface area contributed by atoms with Crippen LogP contribution in [0.1, 0.15) is 45.1 Å². The van der Waals surface area contributed by atoms with Crippen molar-refractivity contribution in [3.63, 3.8) is 0 Å². The van der Waals surface area contributed by atoms with Gasteiger partial charge in [-0.3, -0.25) is 4.79 Å². The van der Waals surface area contributed by atoms with Gasteiger partial charge in [0.2, 0.25) is 15.9 Å². The first-order valence-corrected chi connectivity index (χ1v) is 12.4. The number of sulfonamides is 1. The van der Waals surface area contributed by atoms with Gasteiger partial charge in [-0.1, -0.05) is 19.9 Å². The van der Waals surface area contributed by atoms with Crippen molar-refractivity contribution in [2.45, 2.75) is 44.4 Å². The van der Waals surface area contributed by atoms with Gasteiger partial charge in [0.1, 0.15) is 16.4 Å². The number of methoxy groups -OCH3 is 1. The van der Waals surface area contributed by atoms with Crippen molar-refractivity contribution in [3.05, 3.63) is 48.0 Å². The number of benzene rings is 2. The van der Waals surface area contributed by atoms with E-state index in [1.807, 2.05) is 39.0 Å². The van der Waals surface area contributed by atoms with Crippen molar-refractivity contribution in [1.82, 2.24) is 4.31 Å². The summed E-state index contributed by atoms with van der Waals surface area (Å²) in [7, 11) is -2.24. The van der Waals surface area contributed by atoms with E-state index in [-0.39, 0.29) is 22.6 Å². The van der Waals surface area contributed by atoms with E-state index in [1.54, 1.807) is 24.3 Å². The Kier molecular flexibility index (Phi) is 7.79. The quantitative estimate of drug-likeness (QED) is 0.636. The van der Waals surface area contributed by atoms with Crippen molar-refractivity contribution in [2.24, 2.45) is 5.92 Å². The summed E-state index contributed by atoms with van der Waals surface area (Å²) in [5, 5.41) is 2.92. The van der Waals surface area contributed by atoms with Crippen LogP contribution in [0.15, 0.2) is 47.4 Å². The zero-order valence-electron chi connectivity index (χ0n) is 19.1. The summed E-state index contributed by atoms with van der Waals surface area (Å²) in [5.41, 5.74) is 1.64. The Hall–Kier alpha value is -2.58. The molecule has 0 bridgehead atoms. The second-order valence-electron chi connectivity index (χ2n) is 8.19. The van der Waals surface area contributed by atoms with Crippen LogP contribution in [-0.2, 0) is 14.8 Å². The molecule has 2 aromatic carbocycles. The summed E-state index contributed by atoms with van der Waals surface area (Å²) in [6, 6.07) is 12.5. The molecule has 0 saturated carbocycles. The van der Waals surface area contributed by atoms with Crippen molar-refractivity contribution in [2.75, 3.05) is 32.1 Å². The van der Waals surface area contributed by atoms with Gasteiger partial charge in [0.05, 0.1) is 13.7 Å². The van der Waals surface area contributed by atoms with E-state index in [1.165, 1.54) is 11.4 Å². The van der Waals surface area contributed by atoms with Crippen LogP contribution < -0.4 is 14.8 Å². The highest BCUT2D eigenvalue weighted by Gasteiger charge is 2.34. The Bertz CT molecular complexity index is 1030. The molecule has 0 aliphatic carbocycles. The van der Waals surface area contributed by atoms with E-state index in [0.717, 1.165) is 11.3 Å². The van der Waals surface area contributed by atoms with E-state index in [0.29, 0.717) is 44.0 Å². The van der Waals surface area contributed by atoms with E-state index in [2.05, 4.69) is 5.32 Å². The molecule has 0 radical (unpaired) electrons. The van der Waals surface area contributed by atoms with Crippen LogP contribution in [0.5, 0.6) is 11.5 Å². The minimum Gasteiger partial charge on any atom is -0.495 e. The lowest BCUT2D eigenvalue weighted by Gasteiger charge is -2.31. The van der Waals surface area contributed by atoms with Crippen LogP contribution in [0.2, 0.25) is 0 Å². The van der Waals surface area contributed by atoms with Gasteiger partial charge in [0, 0.05) is 24.7 Å². The first kappa shape index (κ1) is 24.1. The lowest BCUT2D eigenvalue weighted by Crippen LogP contribution is -2.41. The average molecular weight is 461 g/mol. The Labute approximate surface area is 190 Å². The summed E-state index contributed by atoms with van der Waals surface area (Å²) in [6.45, 7) is 7.12. The minimum atomic E-state index is -3.72. The highest BCUT2D eigenvalue weighted by atomic mass is 32.2. The van der Waals surface area contributed by atoms with Crippen molar-refractivity contribution >= 4 is 21.6 Å². The maximum absolute atomic E-state index is 13.3. The van der Waals surface area contributed by atoms with Gasteiger partial charge in [-0.2, -0.15) is 4.31 Å². The predicted octanol–water partition coefficient (Wildman–Crippen LogP) is 4.26. The van der Waals surface area contributed by atoms with E-state index in [9.17, 15) is 13.2 Å². The largest absolute Gasteiger partial charge is 0.495 e. The molecule has 1 aliphatic rings. The van der Waals surface area contributed by atoms with E-state index < -0.39 is 10.0 Å². The second kappa shape index (κ2) is 10.4. The number of piperidine rings is 1. The normalized spacial score (nSPS) is 15.5. The second-order valence-corrected chi connectivity index (χ2v) is 10.1. The molecule has 2 aromatic rings. The Balaban J connectivity index is 1.66. The third-order valence-electron chi connectivity index (χ3n) is 5.73. The number of anilines is 1. The van der Waals surface area contributed by atoms with Crippen molar-refractivity contribution < 1.29 is 22.7 Å². The van der Waals surface area contributed by atoms with Crippen LogP contribution in [0.25, 0.3) is 0 Å². The number of nitrogens with zero attached hydrogens (tertiary/aromatic N) is 1. The molecule has 7 nitrogen and oxygen atoms in total. The van der Waals surface area contributed by atoms with Gasteiger partial charge in [-0.15, -0.1) is 0 Å². The Morgan fingerprint density at radius 1 is 1.12 bits per heavy atom. The predicted molar refractivity (Wildman–Crippen MR) is 125 cm³/mol. The molecule has 0 atom stereocenters. The lowest BCUT2D eigenvalue weighted by molar-refractivity contribution is -0.120. The third-order valence-corrected chi connectivity index (χ3v) is 7.65. The maximum atomic E-state index is 13.3. The number of hydrogen-bond acceptors (Lipinski definition) is 5. The minimum absolute atomic E-state index is 0.0920. The molecule has 174 valence electrons. The van der Waals surface area contributed by atoms with Gasteiger partial charge in [0.25, 0.3) is 0 Å². The standard InChI is InChI=1S/C24H32N2O5S/c1-5-31-21-9-7-20(8-10-21)25-24(27)18-12-14-26(15-13-18)32(28,29)23-16-19(17(2)3)6-11-22(23)30-4/h6-11,16-18H,5,12-15H2,1-4H3,(H,25,27). The molecule has 8 heteroatoms. The number of carbonyl (C=O) groups excluding carboxylic acids is 1. The van der Waals surface area contributed by atoms with Crippen LogP contribution >= 0.6 is 0 Å². The first-order valence-electron chi connectivity index (χ1n) is 11.0. The molecule has 1 amide bonds. The molecule has 0 spiro atoms.